The minimum atomic E-state index is -0.477. The molecule has 1 rings (SSSR count). The molecular weight excluding hydrogens is 242 g/mol. The van der Waals surface area contributed by atoms with Crippen LogP contribution in [0, 0.1) is 0 Å². The highest BCUT2D eigenvalue weighted by atomic mass is 16.3. The number of nitrogens with one attached hydrogen (secondary N) is 2. The van der Waals surface area contributed by atoms with Crippen molar-refractivity contribution >= 4 is 17.3 Å². The molecule has 1 aromatic rings. The summed E-state index contributed by atoms with van der Waals surface area (Å²) in [6.07, 6.45) is 0.729. The molecule has 1 unspecified atom stereocenters. The van der Waals surface area contributed by atoms with Crippen LogP contribution in [-0.2, 0) is 0 Å². The Kier molecular flexibility index (Phi) is 5.18. The van der Waals surface area contributed by atoms with Gasteiger partial charge in [-0.25, -0.2) is 0 Å². The van der Waals surface area contributed by atoms with E-state index in [0.29, 0.717) is 23.5 Å². The van der Waals surface area contributed by atoms with Gasteiger partial charge in [0.05, 0.1) is 17.7 Å². The Morgan fingerprint density at radius 3 is 2.63 bits per heavy atom. The molecule has 0 aromatic heterocycles. The lowest BCUT2D eigenvalue weighted by Crippen LogP contribution is -2.39. The number of hydrogen-bond acceptors (Lipinski definition) is 4. The number of aliphatic hydroxyl groups excluding tert-OH is 1. The summed E-state index contributed by atoms with van der Waals surface area (Å²) < 4.78 is 0. The third-order valence-corrected chi connectivity index (χ3v) is 3.19. The van der Waals surface area contributed by atoms with Crippen LogP contribution in [0.15, 0.2) is 18.2 Å². The van der Waals surface area contributed by atoms with Gasteiger partial charge in [-0.2, -0.15) is 0 Å². The van der Waals surface area contributed by atoms with Gasteiger partial charge in [0, 0.05) is 17.9 Å². The van der Waals surface area contributed by atoms with E-state index in [1.165, 1.54) is 0 Å². The zero-order valence-corrected chi connectivity index (χ0v) is 11.8. The number of amides is 1. The lowest BCUT2D eigenvalue weighted by atomic mass is 9.98. The highest BCUT2D eigenvalue weighted by Gasteiger charge is 2.23. The van der Waals surface area contributed by atoms with E-state index in [9.17, 15) is 9.90 Å². The first kappa shape index (κ1) is 15.3. The second-order valence-corrected chi connectivity index (χ2v) is 4.86. The fourth-order valence-corrected chi connectivity index (χ4v) is 1.68. The van der Waals surface area contributed by atoms with Crippen molar-refractivity contribution in [2.45, 2.75) is 32.7 Å². The van der Waals surface area contributed by atoms with Crippen LogP contribution >= 0.6 is 0 Å². The van der Waals surface area contributed by atoms with Crippen molar-refractivity contribution in [3.05, 3.63) is 23.8 Å². The van der Waals surface area contributed by atoms with Gasteiger partial charge < -0.3 is 21.5 Å². The number of rotatable bonds is 6. The number of aliphatic hydroxyl groups is 1. The SMILES string of the molecule is CCNC(=O)c1ccc(N)cc1NC(C)(CC)CO. The fraction of sp³-hybridized carbons (Fsp3) is 0.500. The average Bonchev–Trinajstić information content (AvgIpc) is 2.39. The van der Waals surface area contributed by atoms with E-state index in [1.807, 2.05) is 20.8 Å². The number of benzene rings is 1. The fourth-order valence-electron chi connectivity index (χ4n) is 1.68. The van der Waals surface area contributed by atoms with Gasteiger partial charge in [-0.05, 0) is 38.5 Å². The Bertz CT molecular complexity index is 442. The number of anilines is 2. The lowest BCUT2D eigenvalue weighted by molar-refractivity contribution is 0.0956. The van der Waals surface area contributed by atoms with Crippen molar-refractivity contribution in [2.75, 3.05) is 24.2 Å². The van der Waals surface area contributed by atoms with Gasteiger partial charge in [0.2, 0.25) is 0 Å². The molecule has 5 N–H and O–H groups in total. The van der Waals surface area contributed by atoms with Crippen molar-refractivity contribution in [3.8, 4) is 0 Å². The van der Waals surface area contributed by atoms with Crippen LogP contribution in [0.2, 0.25) is 0 Å². The molecule has 19 heavy (non-hydrogen) atoms. The summed E-state index contributed by atoms with van der Waals surface area (Å²) in [5, 5.41) is 15.4. The molecule has 5 heteroatoms. The van der Waals surface area contributed by atoms with Crippen molar-refractivity contribution in [1.29, 1.82) is 0 Å². The van der Waals surface area contributed by atoms with Crippen LogP contribution < -0.4 is 16.4 Å². The van der Waals surface area contributed by atoms with E-state index in [1.54, 1.807) is 18.2 Å². The number of nitrogens with two attached hydrogens (primary N) is 1. The van der Waals surface area contributed by atoms with E-state index in [0.717, 1.165) is 6.42 Å². The van der Waals surface area contributed by atoms with Gasteiger partial charge in [-0.1, -0.05) is 6.92 Å². The van der Waals surface area contributed by atoms with Crippen LogP contribution in [0.3, 0.4) is 0 Å². The zero-order valence-electron chi connectivity index (χ0n) is 11.8. The van der Waals surface area contributed by atoms with E-state index in [-0.39, 0.29) is 12.5 Å². The molecule has 0 radical (unpaired) electrons. The highest BCUT2D eigenvalue weighted by Crippen LogP contribution is 2.24. The molecule has 0 aliphatic heterocycles. The van der Waals surface area contributed by atoms with Crippen LogP contribution in [0.4, 0.5) is 11.4 Å². The Morgan fingerprint density at radius 2 is 2.11 bits per heavy atom. The lowest BCUT2D eigenvalue weighted by Gasteiger charge is -2.29. The standard InChI is InChI=1S/C14H23N3O2/c1-4-14(3,9-18)17-12-8-10(15)6-7-11(12)13(19)16-5-2/h6-8,17-18H,4-5,9,15H2,1-3H3,(H,16,19). The van der Waals surface area contributed by atoms with E-state index >= 15 is 0 Å². The van der Waals surface area contributed by atoms with Gasteiger partial charge in [0.1, 0.15) is 0 Å². The molecule has 0 heterocycles. The zero-order chi connectivity index (χ0) is 14.5. The summed E-state index contributed by atoms with van der Waals surface area (Å²) in [4.78, 5) is 12.0. The predicted molar refractivity (Wildman–Crippen MR) is 78.3 cm³/mol. The number of nitrogen functional groups attached to an aromatic ring is 1. The van der Waals surface area contributed by atoms with Crippen molar-refractivity contribution < 1.29 is 9.90 Å². The normalized spacial score (nSPS) is 13.7. The Morgan fingerprint density at radius 1 is 1.42 bits per heavy atom. The number of hydrogen-bond donors (Lipinski definition) is 4. The summed E-state index contributed by atoms with van der Waals surface area (Å²) >= 11 is 0. The van der Waals surface area contributed by atoms with Crippen LogP contribution in [0.5, 0.6) is 0 Å². The minimum Gasteiger partial charge on any atom is -0.399 e. The first-order chi connectivity index (χ1) is 8.95. The molecule has 0 fully saturated rings. The molecule has 1 aromatic carbocycles. The second kappa shape index (κ2) is 6.43. The maximum absolute atomic E-state index is 12.0. The summed E-state index contributed by atoms with van der Waals surface area (Å²) in [6.45, 7) is 6.28. The predicted octanol–water partition coefficient (Wildman–Crippen LogP) is 1.59. The summed E-state index contributed by atoms with van der Waals surface area (Å²) in [6, 6.07) is 5.10. The van der Waals surface area contributed by atoms with Gasteiger partial charge in [0.25, 0.3) is 5.91 Å². The maximum Gasteiger partial charge on any atom is 0.253 e. The molecule has 1 atom stereocenters. The molecular formula is C14H23N3O2. The van der Waals surface area contributed by atoms with Crippen LogP contribution in [0.25, 0.3) is 0 Å². The molecule has 0 saturated carbocycles. The van der Waals surface area contributed by atoms with Crippen molar-refractivity contribution in [2.24, 2.45) is 0 Å². The molecule has 5 nitrogen and oxygen atoms in total. The largest absolute Gasteiger partial charge is 0.399 e. The van der Waals surface area contributed by atoms with E-state index in [2.05, 4.69) is 10.6 Å². The molecule has 0 spiro atoms. The van der Waals surface area contributed by atoms with Gasteiger partial charge >= 0.3 is 0 Å². The highest BCUT2D eigenvalue weighted by molar-refractivity contribution is 6.00. The first-order valence-electron chi connectivity index (χ1n) is 6.52. The first-order valence-corrected chi connectivity index (χ1v) is 6.52. The summed E-state index contributed by atoms with van der Waals surface area (Å²) in [5.74, 6) is -0.151. The van der Waals surface area contributed by atoms with Crippen molar-refractivity contribution in [3.63, 3.8) is 0 Å². The number of carbonyl (C=O) groups excluding carboxylic acids is 1. The van der Waals surface area contributed by atoms with Gasteiger partial charge in [-0.15, -0.1) is 0 Å². The minimum absolute atomic E-state index is 0.0207. The third-order valence-electron chi connectivity index (χ3n) is 3.19. The van der Waals surface area contributed by atoms with Gasteiger partial charge in [0.15, 0.2) is 0 Å². The van der Waals surface area contributed by atoms with E-state index in [4.69, 9.17) is 5.73 Å². The van der Waals surface area contributed by atoms with Gasteiger partial charge in [-0.3, -0.25) is 4.79 Å². The molecule has 0 bridgehead atoms. The average molecular weight is 265 g/mol. The Labute approximate surface area is 114 Å². The molecule has 0 aliphatic carbocycles. The second-order valence-electron chi connectivity index (χ2n) is 4.86. The van der Waals surface area contributed by atoms with E-state index < -0.39 is 5.54 Å². The van der Waals surface area contributed by atoms with Crippen molar-refractivity contribution in [1.82, 2.24) is 5.32 Å². The molecule has 106 valence electrons. The molecule has 0 saturated heterocycles. The van der Waals surface area contributed by atoms with Crippen LogP contribution in [0.1, 0.15) is 37.6 Å². The topological polar surface area (TPSA) is 87.4 Å². The summed E-state index contributed by atoms with van der Waals surface area (Å²) in [5.41, 5.74) is 7.04. The maximum atomic E-state index is 12.0. The Balaban J connectivity index is 3.10. The smallest absolute Gasteiger partial charge is 0.253 e. The number of carbonyl (C=O) groups is 1. The van der Waals surface area contributed by atoms with Crippen LogP contribution in [-0.4, -0.2) is 29.7 Å². The quantitative estimate of drug-likeness (QED) is 0.588. The monoisotopic (exact) mass is 265 g/mol. The third kappa shape index (κ3) is 3.86. The molecule has 0 aliphatic rings. The Hall–Kier alpha value is -1.75. The molecule has 1 amide bonds. The summed E-state index contributed by atoms with van der Waals surface area (Å²) in [7, 11) is 0.